The van der Waals surface area contributed by atoms with Crippen LogP contribution in [-0.2, 0) is 4.79 Å². The molecule has 0 rings (SSSR count). The monoisotopic (exact) mass is 206 g/mol. The number of hydrogen-bond acceptors (Lipinski definition) is 2. The molecular weight excluding hydrogens is 202 g/mol. The third-order valence-electron chi connectivity index (χ3n) is 0.325. The minimum atomic E-state index is -1.00. The van der Waals surface area contributed by atoms with Gasteiger partial charge in [-0.2, -0.15) is 0 Å². The zero-order chi connectivity index (χ0) is 5.15. The molecule has 0 heterocycles. The van der Waals surface area contributed by atoms with Crippen molar-refractivity contribution in [3.63, 3.8) is 0 Å². The van der Waals surface area contributed by atoms with Crippen LogP contribution in [0.5, 0.6) is 0 Å². The molecule has 0 aromatic heterocycles. The fourth-order valence-corrected chi connectivity index (χ4v) is 0. The van der Waals surface area contributed by atoms with Gasteiger partial charge in [0.15, 0.2) is 0 Å². The van der Waals surface area contributed by atoms with E-state index >= 15 is 0 Å². The molecule has 0 aromatic rings. The predicted molar refractivity (Wildman–Crippen MR) is 28.5 cm³/mol. The second-order valence-electron chi connectivity index (χ2n) is 0.935. The van der Waals surface area contributed by atoms with E-state index in [0.717, 1.165) is 0 Å². The van der Waals surface area contributed by atoms with Gasteiger partial charge in [-0.05, 0) is 6.92 Å². The molecule has 2 nitrogen and oxygen atoms in total. The summed E-state index contributed by atoms with van der Waals surface area (Å²) >= 11 is 1.77. The Bertz CT molecular complexity index is 64.0. The molecule has 36 valence electrons. The molecule has 0 aromatic carbocycles. The van der Waals surface area contributed by atoms with E-state index in [9.17, 15) is 9.90 Å². The van der Waals surface area contributed by atoms with Gasteiger partial charge in [-0.1, -0.05) is 22.6 Å². The van der Waals surface area contributed by atoms with Crippen LogP contribution >= 0.6 is 22.6 Å². The number of hydrogen-bond donors (Lipinski definition) is 0. The number of alkyl halides is 1. The van der Waals surface area contributed by atoms with Crippen LogP contribution in [0, 0.1) is 0 Å². The predicted octanol–water partition coefficient (Wildman–Crippen LogP) is -3.44. The summed E-state index contributed by atoms with van der Waals surface area (Å²) in [7, 11) is 0. The van der Waals surface area contributed by atoms with Crippen LogP contribution in [0.15, 0.2) is 0 Å². The number of rotatable bonds is 1. The van der Waals surface area contributed by atoms with Crippen molar-refractivity contribution < 1.29 is 28.8 Å². The van der Waals surface area contributed by atoms with E-state index < -0.39 is 5.97 Å². The normalized spacial score (nSPS) is 11.7. The number of aliphatic carboxylic acids is 1. The van der Waals surface area contributed by atoms with Gasteiger partial charge >= 0.3 is 18.9 Å². The maximum Gasteiger partial charge on any atom is 1.00 e. The van der Waals surface area contributed by atoms with Gasteiger partial charge in [0.1, 0.15) is 0 Å². The molecule has 0 radical (unpaired) electrons. The quantitative estimate of drug-likeness (QED) is 0.254. The number of carbonyl (C=O) groups is 1. The molecule has 4 heteroatoms. The maximum atomic E-state index is 9.58. The van der Waals surface area contributed by atoms with Gasteiger partial charge < -0.3 is 9.90 Å². The molecule has 0 bridgehead atoms. The van der Waals surface area contributed by atoms with Crippen molar-refractivity contribution in [2.24, 2.45) is 0 Å². The Balaban J connectivity index is 0. The van der Waals surface area contributed by atoms with Gasteiger partial charge in [-0.3, -0.25) is 0 Å². The minimum absolute atomic E-state index is 0. The van der Waals surface area contributed by atoms with Gasteiger partial charge in [-0.15, -0.1) is 0 Å². The molecule has 0 amide bonds. The first-order valence-corrected chi connectivity index (χ1v) is 2.74. The Labute approximate surface area is 68.0 Å². The third-order valence-corrected chi connectivity index (χ3v) is 0.833. The molecule has 0 saturated carbocycles. The number of carboxylic acid groups (broad SMARTS) is 1. The first-order valence-electron chi connectivity index (χ1n) is 1.49. The number of carbonyl (C=O) groups excluding carboxylic acids is 1. The average Bonchev–Trinajstić information content (AvgIpc) is 1.36. The molecule has 0 aliphatic carbocycles. The van der Waals surface area contributed by atoms with Crippen molar-refractivity contribution in [2.45, 2.75) is 10.8 Å². The largest absolute Gasteiger partial charge is 1.00 e. The topological polar surface area (TPSA) is 40.1 Å². The number of halogens is 1. The summed E-state index contributed by atoms with van der Waals surface area (Å²) in [6, 6.07) is 0. The Morgan fingerprint density at radius 3 is 2.00 bits per heavy atom. The second-order valence-corrected chi connectivity index (χ2v) is 2.80. The van der Waals surface area contributed by atoms with Crippen molar-refractivity contribution in [3.05, 3.63) is 0 Å². The van der Waals surface area contributed by atoms with E-state index in [1.807, 2.05) is 0 Å². The van der Waals surface area contributed by atoms with E-state index in [2.05, 4.69) is 0 Å². The van der Waals surface area contributed by atoms with Crippen molar-refractivity contribution in [1.82, 2.24) is 0 Å². The molecule has 7 heavy (non-hydrogen) atoms. The molecule has 0 fully saturated rings. The van der Waals surface area contributed by atoms with Crippen molar-refractivity contribution in [1.29, 1.82) is 0 Å². The average molecular weight is 206 g/mol. The van der Waals surface area contributed by atoms with Gasteiger partial charge in [0, 0.05) is 3.92 Å². The van der Waals surface area contributed by atoms with E-state index in [4.69, 9.17) is 0 Å². The third kappa shape index (κ3) is 6.80. The summed E-state index contributed by atoms with van der Waals surface area (Å²) in [4.78, 5) is 9.58. The molecular formula is C3H4ILiO2. The molecule has 1 unspecified atom stereocenters. The zero-order valence-electron chi connectivity index (χ0n) is 4.27. The molecule has 0 spiro atoms. The zero-order valence-corrected chi connectivity index (χ0v) is 6.43. The SMILES string of the molecule is CC(I)C(=O)[O-].[Li+]. The Kier molecular flexibility index (Phi) is 7.57. The smallest absolute Gasteiger partial charge is 0.549 e. The van der Waals surface area contributed by atoms with Crippen LogP contribution in [0.3, 0.4) is 0 Å². The summed E-state index contributed by atoms with van der Waals surface area (Å²) in [5.41, 5.74) is 0. The Morgan fingerprint density at radius 2 is 2.00 bits per heavy atom. The first kappa shape index (κ1) is 10.7. The first-order chi connectivity index (χ1) is 2.64. The molecule has 0 aliphatic heterocycles. The van der Waals surface area contributed by atoms with E-state index in [-0.39, 0.29) is 22.8 Å². The minimum Gasteiger partial charge on any atom is -0.549 e. The van der Waals surface area contributed by atoms with Gasteiger partial charge in [0.25, 0.3) is 0 Å². The van der Waals surface area contributed by atoms with Crippen LogP contribution in [0.1, 0.15) is 6.92 Å². The molecule has 0 N–H and O–H groups in total. The summed E-state index contributed by atoms with van der Waals surface area (Å²) in [6.07, 6.45) is 0. The molecule has 1 atom stereocenters. The summed E-state index contributed by atoms with van der Waals surface area (Å²) in [6.45, 7) is 1.57. The molecule has 0 saturated heterocycles. The fraction of sp³-hybridized carbons (Fsp3) is 0.667. The van der Waals surface area contributed by atoms with Crippen molar-refractivity contribution in [3.8, 4) is 0 Å². The Hall–Kier alpha value is 0.797. The standard InChI is InChI=1S/C3H5IO2.Li/c1-2(4)3(5)6;/h2H,1H3,(H,5,6);/q;+1/p-1. The van der Waals surface area contributed by atoms with Crippen molar-refractivity contribution >= 4 is 28.6 Å². The maximum absolute atomic E-state index is 9.58. The summed E-state index contributed by atoms with van der Waals surface area (Å²) in [5.74, 6) is -1.00. The van der Waals surface area contributed by atoms with Gasteiger partial charge in [0.05, 0.1) is 5.97 Å². The summed E-state index contributed by atoms with van der Waals surface area (Å²) in [5, 5.41) is 9.58. The number of carboxylic acids is 1. The van der Waals surface area contributed by atoms with Gasteiger partial charge in [-0.25, -0.2) is 0 Å². The Morgan fingerprint density at radius 1 is 1.86 bits per heavy atom. The van der Waals surface area contributed by atoms with Crippen LogP contribution in [0.2, 0.25) is 0 Å². The van der Waals surface area contributed by atoms with Crippen molar-refractivity contribution in [2.75, 3.05) is 0 Å². The van der Waals surface area contributed by atoms with E-state index in [1.165, 1.54) is 0 Å². The van der Waals surface area contributed by atoms with Crippen LogP contribution < -0.4 is 24.0 Å². The molecule has 0 aliphatic rings. The fourth-order valence-electron chi connectivity index (χ4n) is 0. The van der Waals surface area contributed by atoms with Crippen LogP contribution in [0.4, 0.5) is 0 Å². The van der Waals surface area contributed by atoms with E-state index in [1.54, 1.807) is 29.5 Å². The summed E-state index contributed by atoms with van der Waals surface area (Å²) < 4.78 is -0.373. The van der Waals surface area contributed by atoms with Gasteiger partial charge in [0.2, 0.25) is 0 Å². The second kappa shape index (κ2) is 4.94. The van der Waals surface area contributed by atoms with Crippen LogP contribution in [-0.4, -0.2) is 9.89 Å². The van der Waals surface area contributed by atoms with Crippen LogP contribution in [0.25, 0.3) is 0 Å². The van der Waals surface area contributed by atoms with E-state index in [0.29, 0.717) is 0 Å².